The lowest BCUT2D eigenvalue weighted by Crippen LogP contribution is -2.45. The Morgan fingerprint density at radius 1 is 1.20 bits per heavy atom. The van der Waals surface area contributed by atoms with Crippen molar-refractivity contribution in [1.82, 2.24) is 5.32 Å². The summed E-state index contributed by atoms with van der Waals surface area (Å²) in [5, 5.41) is 3.24. The van der Waals surface area contributed by atoms with Gasteiger partial charge in [-0.05, 0) is 58.3 Å². The second-order valence-corrected chi connectivity index (χ2v) is 6.05. The van der Waals surface area contributed by atoms with Gasteiger partial charge >= 0.3 is 0 Å². The molecule has 0 saturated heterocycles. The summed E-state index contributed by atoms with van der Waals surface area (Å²) in [6, 6.07) is 0.514. The molecule has 0 radical (unpaired) electrons. The fourth-order valence-electron chi connectivity index (χ4n) is 2.05. The molecule has 0 aromatic rings. The number of hydrogen-bond acceptors (Lipinski definition) is 1. The Morgan fingerprint density at radius 2 is 1.67 bits per heavy atom. The van der Waals surface area contributed by atoms with Crippen molar-refractivity contribution in [1.29, 1.82) is 0 Å². The quantitative estimate of drug-likeness (QED) is 0.551. The van der Waals surface area contributed by atoms with Gasteiger partial charge < -0.3 is 11.1 Å². The molecule has 3 heteroatoms. The third-order valence-corrected chi connectivity index (χ3v) is 3.00. The molecule has 86 valence electrons. The lowest BCUT2D eigenvalue weighted by atomic mass is 10.1. The summed E-state index contributed by atoms with van der Waals surface area (Å²) in [5.41, 5.74) is 5.95. The average Bonchev–Trinajstić information content (AvgIpc) is 2.92. The Balaban J connectivity index is 1.93. The van der Waals surface area contributed by atoms with E-state index in [2.05, 4.69) is 31.1 Å². The van der Waals surface area contributed by atoms with E-state index in [1.54, 1.807) is 0 Å². The van der Waals surface area contributed by atoms with Crippen molar-refractivity contribution >= 4 is 5.96 Å². The molecule has 15 heavy (non-hydrogen) atoms. The summed E-state index contributed by atoms with van der Waals surface area (Å²) in [5.74, 6) is 2.29. The molecule has 0 aromatic heterocycles. The molecule has 0 unspecified atom stereocenters. The number of guanidine groups is 1. The highest BCUT2D eigenvalue weighted by atomic mass is 15.1. The van der Waals surface area contributed by atoms with E-state index in [1.807, 2.05) is 0 Å². The van der Waals surface area contributed by atoms with E-state index in [1.165, 1.54) is 25.7 Å². The minimum atomic E-state index is 0.0191. The average molecular weight is 209 g/mol. The summed E-state index contributed by atoms with van der Waals surface area (Å²) in [4.78, 5) is 4.67. The highest BCUT2D eigenvalue weighted by Gasteiger charge is 2.41. The first-order valence-electron chi connectivity index (χ1n) is 6.07. The van der Waals surface area contributed by atoms with Crippen LogP contribution in [0, 0.1) is 11.8 Å². The SMILES string of the molecule is CC(C)(C)NC(N)=NC(C1CC1)C1CC1. The van der Waals surface area contributed by atoms with Gasteiger partial charge in [0.15, 0.2) is 5.96 Å². The van der Waals surface area contributed by atoms with Gasteiger partial charge in [0.2, 0.25) is 0 Å². The molecule has 0 atom stereocenters. The van der Waals surface area contributed by atoms with E-state index in [0.29, 0.717) is 12.0 Å². The first kappa shape index (κ1) is 10.8. The van der Waals surface area contributed by atoms with Gasteiger partial charge in [-0.1, -0.05) is 0 Å². The Labute approximate surface area is 92.5 Å². The Morgan fingerprint density at radius 3 is 2.00 bits per heavy atom. The molecule has 2 saturated carbocycles. The lowest BCUT2D eigenvalue weighted by Gasteiger charge is -2.22. The zero-order chi connectivity index (χ0) is 11.1. The summed E-state index contributed by atoms with van der Waals surface area (Å²) >= 11 is 0. The van der Waals surface area contributed by atoms with Crippen molar-refractivity contribution in [2.75, 3.05) is 0 Å². The Kier molecular flexibility index (Phi) is 2.65. The maximum absolute atomic E-state index is 5.93. The van der Waals surface area contributed by atoms with Gasteiger partial charge in [0, 0.05) is 5.54 Å². The molecule has 2 rings (SSSR count). The summed E-state index contributed by atoms with van der Waals surface area (Å²) in [7, 11) is 0. The second-order valence-electron chi connectivity index (χ2n) is 6.05. The minimum absolute atomic E-state index is 0.0191. The fraction of sp³-hybridized carbons (Fsp3) is 0.917. The van der Waals surface area contributed by atoms with E-state index in [0.717, 1.165) is 11.8 Å². The van der Waals surface area contributed by atoms with E-state index >= 15 is 0 Å². The van der Waals surface area contributed by atoms with Crippen LogP contribution in [0.25, 0.3) is 0 Å². The van der Waals surface area contributed by atoms with Crippen LogP contribution in [0.3, 0.4) is 0 Å². The monoisotopic (exact) mass is 209 g/mol. The van der Waals surface area contributed by atoms with Crippen LogP contribution in [0.15, 0.2) is 4.99 Å². The smallest absolute Gasteiger partial charge is 0.189 e. The van der Waals surface area contributed by atoms with E-state index in [4.69, 9.17) is 5.73 Å². The van der Waals surface area contributed by atoms with Gasteiger partial charge in [0.25, 0.3) is 0 Å². The van der Waals surface area contributed by atoms with Crippen molar-refractivity contribution in [3.05, 3.63) is 0 Å². The third kappa shape index (κ3) is 3.40. The molecule has 0 aliphatic heterocycles. The summed E-state index contributed by atoms with van der Waals surface area (Å²) < 4.78 is 0. The molecule has 2 aliphatic carbocycles. The van der Waals surface area contributed by atoms with Crippen molar-refractivity contribution < 1.29 is 0 Å². The van der Waals surface area contributed by atoms with Crippen molar-refractivity contribution in [3.8, 4) is 0 Å². The van der Waals surface area contributed by atoms with Crippen molar-refractivity contribution in [2.45, 2.75) is 58.0 Å². The molecule has 0 spiro atoms. The predicted molar refractivity (Wildman–Crippen MR) is 63.7 cm³/mol. The summed E-state index contributed by atoms with van der Waals surface area (Å²) in [6.07, 6.45) is 5.42. The predicted octanol–water partition coefficient (Wildman–Crippen LogP) is 1.88. The van der Waals surface area contributed by atoms with Gasteiger partial charge in [0.05, 0.1) is 6.04 Å². The number of nitrogens with one attached hydrogen (secondary N) is 1. The van der Waals surface area contributed by atoms with E-state index in [9.17, 15) is 0 Å². The van der Waals surface area contributed by atoms with Gasteiger partial charge in [-0.2, -0.15) is 0 Å². The molecule has 0 heterocycles. The topological polar surface area (TPSA) is 50.4 Å². The van der Waals surface area contributed by atoms with Gasteiger partial charge in [-0.25, -0.2) is 4.99 Å². The standard InChI is InChI=1S/C12H23N3/c1-12(2,3)15-11(13)14-10(8-4-5-8)9-6-7-9/h8-10H,4-7H2,1-3H3,(H3,13,14,15). The highest BCUT2D eigenvalue weighted by Crippen LogP contribution is 2.46. The molecule has 0 bridgehead atoms. The molecule has 3 nitrogen and oxygen atoms in total. The summed E-state index contributed by atoms with van der Waals surface area (Å²) in [6.45, 7) is 6.33. The number of hydrogen-bond donors (Lipinski definition) is 2. The van der Waals surface area contributed by atoms with Crippen LogP contribution in [0.5, 0.6) is 0 Å². The fourth-order valence-corrected chi connectivity index (χ4v) is 2.05. The Hall–Kier alpha value is -0.730. The van der Waals surface area contributed by atoms with Gasteiger partial charge in [-0.15, -0.1) is 0 Å². The van der Waals surface area contributed by atoms with Crippen molar-refractivity contribution in [3.63, 3.8) is 0 Å². The highest BCUT2D eigenvalue weighted by molar-refractivity contribution is 5.78. The normalized spacial score (nSPS) is 23.3. The first-order valence-corrected chi connectivity index (χ1v) is 6.07. The van der Waals surface area contributed by atoms with Crippen LogP contribution in [-0.4, -0.2) is 17.5 Å². The molecule has 0 aromatic carbocycles. The molecule has 0 amide bonds. The molecule has 2 fully saturated rings. The zero-order valence-electron chi connectivity index (χ0n) is 10.1. The number of aliphatic imine (C=N–C) groups is 1. The maximum Gasteiger partial charge on any atom is 0.189 e. The minimum Gasteiger partial charge on any atom is -0.370 e. The Bertz CT molecular complexity index is 245. The van der Waals surface area contributed by atoms with Gasteiger partial charge in [-0.3, -0.25) is 0 Å². The van der Waals surface area contributed by atoms with Gasteiger partial charge in [0.1, 0.15) is 0 Å². The van der Waals surface area contributed by atoms with Crippen LogP contribution in [-0.2, 0) is 0 Å². The maximum atomic E-state index is 5.93. The van der Waals surface area contributed by atoms with E-state index in [-0.39, 0.29) is 5.54 Å². The molecular formula is C12H23N3. The van der Waals surface area contributed by atoms with Crippen LogP contribution in [0.2, 0.25) is 0 Å². The van der Waals surface area contributed by atoms with Crippen molar-refractivity contribution in [2.24, 2.45) is 22.6 Å². The van der Waals surface area contributed by atoms with Crippen LogP contribution >= 0.6 is 0 Å². The second kappa shape index (κ2) is 3.69. The van der Waals surface area contributed by atoms with Crippen LogP contribution < -0.4 is 11.1 Å². The van der Waals surface area contributed by atoms with Crippen LogP contribution in [0.4, 0.5) is 0 Å². The number of rotatable bonds is 3. The number of nitrogens with zero attached hydrogens (tertiary/aromatic N) is 1. The lowest BCUT2D eigenvalue weighted by molar-refractivity contribution is 0.492. The van der Waals surface area contributed by atoms with Crippen LogP contribution in [0.1, 0.15) is 46.5 Å². The third-order valence-electron chi connectivity index (χ3n) is 3.00. The first-order chi connectivity index (χ1) is 6.96. The molecule has 3 N–H and O–H groups in total. The van der Waals surface area contributed by atoms with E-state index < -0.39 is 0 Å². The molecular weight excluding hydrogens is 186 g/mol. The number of nitrogens with two attached hydrogens (primary N) is 1. The zero-order valence-corrected chi connectivity index (χ0v) is 10.1. The molecule has 2 aliphatic rings. The largest absolute Gasteiger partial charge is 0.370 e.